The van der Waals surface area contributed by atoms with E-state index in [1.807, 2.05) is 0 Å². The third kappa shape index (κ3) is 24.9. The van der Waals surface area contributed by atoms with Crippen LogP contribution < -0.4 is 10.6 Å². The van der Waals surface area contributed by atoms with Gasteiger partial charge in [-0.2, -0.15) is 0 Å². The van der Waals surface area contributed by atoms with Gasteiger partial charge in [0.2, 0.25) is 11.8 Å². The first-order valence-electron chi connectivity index (χ1n) is 13.7. The van der Waals surface area contributed by atoms with Crippen molar-refractivity contribution < 1.29 is 9.59 Å². The molecular weight excluding hydrogens is 396 g/mol. The van der Waals surface area contributed by atoms with Crippen molar-refractivity contribution >= 4 is 11.8 Å². The van der Waals surface area contributed by atoms with Crippen LogP contribution in [-0.2, 0) is 9.59 Å². The molecule has 0 aromatic rings. The van der Waals surface area contributed by atoms with E-state index < -0.39 is 0 Å². The minimum atomic E-state index is -0.175. The summed E-state index contributed by atoms with van der Waals surface area (Å²) < 4.78 is 0. The van der Waals surface area contributed by atoms with Crippen LogP contribution in [0.25, 0.3) is 0 Å². The van der Waals surface area contributed by atoms with Gasteiger partial charge in [0.25, 0.3) is 0 Å². The Kier molecular flexibility index (Phi) is 21.9. The minimum Gasteiger partial charge on any atom is -0.353 e. The lowest BCUT2D eigenvalue weighted by Crippen LogP contribution is -2.25. The molecule has 2 N–H and O–H groups in total. The number of hydrogen-bond donors (Lipinski definition) is 2. The van der Waals surface area contributed by atoms with Crippen LogP contribution in [0.4, 0.5) is 0 Å². The van der Waals surface area contributed by atoms with Gasteiger partial charge in [-0.05, 0) is 24.7 Å². The van der Waals surface area contributed by atoms with Gasteiger partial charge in [-0.1, -0.05) is 118 Å². The number of nitrogens with one attached hydrogen (secondary N) is 2. The van der Waals surface area contributed by atoms with Crippen molar-refractivity contribution in [3.05, 3.63) is 12.2 Å². The first-order valence-corrected chi connectivity index (χ1v) is 13.7. The largest absolute Gasteiger partial charge is 0.353 e. The maximum absolute atomic E-state index is 11.8. The fraction of sp³-hybridized carbons (Fsp3) is 0.857. The van der Waals surface area contributed by atoms with Crippen LogP contribution in [0.3, 0.4) is 0 Å². The summed E-state index contributed by atoms with van der Waals surface area (Å²) >= 11 is 0. The zero-order valence-corrected chi connectivity index (χ0v) is 21.9. The lowest BCUT2D eigenvalue weighted by Gasteiger charge is -2.05. The van der Waals surface area contributed by atoms with Crippen molar-refractivity contribution in [3.63, 3.8) is 0 Å². The molecule has 0 saturated heterocycles. The van der Waals surface area contributed by atoms with Gasteiger partial charge in [0.15, 0.2) is 0 Å². The third-order valence-electron chi connectivity index (χ3n) is 5.90. The topological polar surface area (TPSA) is 58.2 Å². The Morgan fingerprint density at radius 3 is 1.09 bits per heavy atom. The standard InChI is InChI=1S/C28H54N2O2/c1-25(2)19-15-11-7-5-9-13-17-23-29-27(31)21-22-28(32)30-24-18-14-10-6-8-12-16-20-26(3)4/h21-22,25-26H,5-20,23-24H2,1-4H3,(H,29,31)(H,30,32). The summed E-state index contributed by atoms with van der Waals surface area (Å²) in [5.41, 5.74) is 0. The van der Waals surface area contributed by atoms with Gasteiger partial charge in [-0.3, -0.25) is 9.59 Å². The second-order valence-electron chi connectivity index (χ2n) is 10.2. The maximum atomic E-state index is 11.8. The van der Waals surface area contributed by atoms with E-state index in [1.165, 1.54) is 89.2 Å². The number of unbranched alkanes of at least 4 members (excludes halogenated alkanes) is 12. The minimum absolute atomic E-state index is 0.175. The van der Waals surface area contributed by atoms with E-state index in [1.54, 1.807) is 0 Å². The molecule has 188 valence electrons. The van der Waals surface area contributed by atoms with Crippen LogP contribution in [0.1, 0.15) is 130 Å². The SMILES string of the molecule is CC(C)CCCCCCCCCNC(=O)C=CC(=O)NCCCCCCCCCC(C)C. The van der Waals surface area contributed by atoms with Gasteiger partial charge in [-0.15, -0.1) is 0 Å². The van der Waals surface area contributed by atoms with Gasteiger partial charge in [0.05, 0.1) is 0 Å². The molecule has 0 bridgehead atoms. The van der Waals surface area contributed by atoms with Crippen molar-refractivity contribution in [1.82, 2.24) is 10.6 Å². The lowest BCUT2D eigenvalue weighted by molar-refractivity contribution is -0.118. The molecule has 4 heteroatoms. The average Bonchev–Trinajstić information content (AvgIpc) is 2.74. The van der Waals surface area contributed by atoms with Crippen molar-refractivity contribution in [2.75, 3.05) is 13.1 Å². The predicted molar refractivity (Wildman–Crippen MR) is 139 cm³/mol. The van der Waals surface area contributed by atoms with Gasteiger partial charge < -0.3 is 10.6 Å². The molecule has 0 aromatic heterocycles. The highest BCUT2D eigenvalue weighted by Gasteiger charge is 2.00. The molecule has 0 unspecified atom stereocenters. The van der Waals surface area contributed by atoms with Crippen LogP contribution in [0.15, 0.2) is 12.2 Å². The molecule has 2 amide bonds. The van der Waals surface area contributed by atoms with Gasteiger partial charge in [0.1, 0.15) is 0 Å². The smallest absolute Gasteiger partial charge is 0.244 e. The van der Waals surface area contributed by atoms with Crippen molar-refractivity contribution in [2.24, 2.45) is 11.8 Å². The van der Waals surface area contributed by atoms with Crippen molar-refractivity contribution in [2.45, 2.75) is 130 Å². The van der Waals surface area contributed by atoms with E-state index >= 15 is 0 Å². The van der Waals surface area contributed by atoms with Crippen LogP contribution in [0.5, 0.6) is 0 Å². The quantitative estimate of drug-likeness (QED) is 0.134. The zero-order chi connectivity index (χ0) is 23.9. The predicted octanol–water partition coefficient (Wildman–Crippen LogP) is 7.33. The Balaban J connectivity index is 3.43. The van der Waals surface area contributed by atoms with E-state index in [-0.39, 0.29) is 11.8 Å². The molecule has 0 aliphatic rings. The third-order valence-corrected chi connectivity index (χ3v) is 5.90. The second kappa shape index (κ2) is 22.9. The van der Waals surface area contributed by atoms with Crippen LogP contribution in [-0.4, -0.2) is 24.9 Å². The molecule has 0 aliphatic heterocycles. The summed E-state index contributed by atoms with van der Waals surface area (Å²) in [5, 5.41) is 5.73. The van der Waals surface area contributed by atoms with Gasteiger partial charge in [0, 0.05) is 25.2 Å². The van der Waals surface area contributed by atoms with E-state index in [4.69, 9.17) is 0 Å². The van der Waals surface area contributed by atoms with Crippen LogP contribution >= 0.6 is 0 Å². The summed E-state index contributed by atoms with van der Waals surface area (Å²) in [5.74, 6) is 1.29. The van der Waals surface area contributed by atoms with Crippen molar-refractivity contribution in [3.8, 4) is 0 Å². The molecule has 0 heterocycles. The molecule has 0 spiro atoms. The lowest BCUT2D eigenvalue weighted by atomic mass is 10.0. The normalized spacial score (nSPS) is 11.6. The Labute approximate surface area is 199 Å². The molecule has 0 saturated carbocycles. The zero-order valence-electron chi connectivity index (χ0n) is 21.9. The molecule has 4 nitrogen and oxygen atoms in total. The molecule has 32 heavy (non-hydrogen) atoms. The number of carbonyl (C=O) groups excluding carboxylic acids is 2. The number of amides is 2. The van der Waals surface area contributed by atoms with E-state index in [9.17, 15) is 9.59 Å². The number of hydrogen-bond acceptors (Lipinski definition) is 2. The summed E-state index contributed by atoms with van der Waals surface area (Å²) in [6.45, 7) is 10.5. The molecule has 0 fully saturated rings. The van der Waals surface area contributed by atoms with Crippen molar-refractivity contribution in [1.29, 1.82) is 0 Å². The van der Waals surface area contributed by atoms with Gasteiger partial charge >= 0.3 is 0 Å². The fourth-order valence-corrected chi connectivity index (χ4v) is 3.82. The number of rotatable bonds is 22. The fourth-order valence-electron chi connectivity index (χ4n) is 3.82. The second-order valence-corrected chi connectivity index (χ2v) is 10.2. The first-order chi connectivity index (χ1) is 15.4. The molecule has 0 aliphatic carbocycles. The first kappa shape index (κ1) is 30.7. The van der Waals surface area contributed by atoms with Crippen LogP contribution in [0, 0.1) is 11.8 Å². The summed E-state index contributed by atoms with van der Waals surface area (Å²) in [7, 11) is 0. The monoisotopic (exact) mass is 450 g/mol. The molecular formula is C28H54N2O2. The Hall–Kier alpha value is -1.32. The molecule has 0 atom stereocenters. The summed E-state index contributed by atoms with van der Waals surface area (Å²) in [6.07, 6.45) is 22.9. The summed E-state index contributed by atoms with van der Waals surface area (Å²) in [6, 6.07) is 0. The summed E-state index contributed by atoms with van der Waals surface area (Å²) in [4.78, 5) is 23.6. The van der Waals surface area contributed by atoms with E-state index in [2.05, 4.69) is 38.3 Å². The average molecular weight is 451 g/mol. The molecule has 0 radical (unpaired) electrons. The Bertz CT molecular complexity index is 430. The molecule has 0 rings (SSSR count). The van der Waals surface area contributed by atoms with Gasteiger partial charge in [-0.25, -0.2) is 0 Å². The highest BCUT2D eigenvalue weighted by Crippen LogP contribution is 2.12. The Morgan fingerprint density at radius 2 is 0.781 bits per heavy atom. The van der Waals surface area contributed by atoms with Crippen LogP contribution in [0.2, 0.25) is 0 Å². The Morgan fingerprint density at radius 1 is 0.500 bits per heavy atom. The van der Waals surface area contributed by atoms with E-state index in [0.717, 1.165) is 37.5 Å². The highest BCUT2D eigenvalue weighted by molar-refractivity contribution is 5.96. The van der Waals surface area contributed by atoms with E-state index in [0.29, 0.717) is 13.1 Å². The highest BCUT2D eigenvalue weighted by atomic mass is 16.2. The number of carbonyl (C=O) groups is 2. The molecule has 0 aromatic carbocycles. The maximum Gasteiger partial charge on any atom is 0.244 e.